The summed E-state index contributed by atoms with van der Waals surface area (Å²) in [7, 11) is 0. The maximum Gasteiger partial charge on any atom is 0.417 e. The third-order valence-corrected chi connectivity index (χ3v) is 10.7. The molecule has 16 heteroatoms. The Morgan fingerprint density at radius 2 is 1.92 bits per heavy atom. The van der Waals surface area contributed by atoms with E-state index in [0.29, 0.717) is 38.6 Å². The molecule has 0 radical (unpaired) electrons. The predicted molar refractivity (Wildman–Crippen MR) is 167 cm³/mol. The normalized spacial score (nSPS) is 27.5. The van der Waals surface area contributed by atoms with E-state index in [2.05, 4.69) is 25.1 Å². The van der Waals surface area contributed by atoms with Crippen LogP contribution in [0.25, 0.3) is 22.2 Å². The molecule has 0 amide bonds. The number of piperazine rings is 1. The SMILES string of the molecule is Cc1c(F)c(N)cc(-c2nc3c4c(nc(OCC5(CN6CCO[C@H](CF)C6)CC5)nc4c2F)N2C[C@H]4CC[C@H](N4)[C@H]2[C@H](C)O3)c1C(F)(F)F. The van der Waals surface area contributed by atoms with Gasteiger partial charge in [0, 0.05) is 49.2 Å². The number of halogens is 6. The minimum absolute atomic E-state index is 0.0227. The molecule has 3 aromatic rings. The summed E-state index contributed by atoms with van der Waals surface area (Å²) in [4.78, 5) is 17.8. The van der Waals surface area contributed by atoms with E-state index in [1.807, 2.05) is 6.92 Å². The van der Waals surface area contributed by atoms with Gasteiger partial charge in [0.15, 0.2) is 5.82 Å². The van der Waals surface area contributed by atoms with Crippen LogP contribution in [-0.2, 0) is 10.9 Å². The molecule has 0 spiro atoms. The maximum atomic E-state index is 16.8. The number of aromatic nitrogens is 3. The van der Waals surface area contributed by atoms with Gasteiger partial charge in [0.2, 0.25) is 5.88 Å². The van der Waals surface area contributed by atoms with Crippen molar-refractivity contribution in [1.82, 2.24) is 25.2 Å². The fourth-order valence-electron chi connectivity index (χ4n) is 8.14. The van der Waals surface area contributed by atoms with Gasteiger partial charge in [0.25, 0.3) is 0 Å². The highest BCUT2D eigenvalue weighted by Crippen LogP contribution is 2.49. The van der Waals surface area contributed by atoms with Gasteiger partial charge in [-0.3, -0.25) is 4.90 Å². The first-order chi connectivity index (χ1) is 23.4. The number of hydrogen-bond donors (Lipinski definition) is 2. The van der Waals surface area contributed by atoms with Crippen LogP contribution in [0.2, 0.25) is 0 Å². The lowest BCUT2D eigenvalue weighted by Crippen LogP contribution is -2.62. The monoisotopic (exact) mass is 693 g/mol. The molecular formula is C33H37F6N7O3. The molecule has 0 unspecified atom stereocenters. The van der Waals surface area contributed by atoms with Gasteiger partial charge in [-0.25, -0.2) is 18.2 Å². The molecule has 10 nitrogen and oxygen atoms in total. The van der Waals surface area contributed by atoms with Gasteiger partial charge in [0.1, 0.15) is 41.0 Å². The molecule has 2 bridgehead atoms. The second-order valence-electron chi connectivity index (χ2n) is 14.1. The topological polar surface area (TPSA) is 111 Å². The Morgan fingerprint density at radius 1 is 1.12 bits per heavy atom. The average molecular weight is 694 g/mol. The van der Waals surface area contributed by atoms with Crippen molar-refractivity contribution in [3.8, 4) is 23.1 Å². The van der Waals surface area contributed by atoms with Crippen molar-refractivity contribution in [3.63, 3.8) is 0 Å². The predicted octanol–water partition coefficient (Wildman–Crippen LogP) is 4.80. The van der Waals surface area contributed by atoms with Crippen molar-refractivity contribution in [2.24, 2.45) is 5.41 Å². The fraction of sp³-hybridized carbons (Fsp3) is 0.606. The van der Waals surface area contributed by atoms with Crippen LogP contribution in [0.5, 0.6) is 11.9 Å². The lowest BCUT2D eigenvalue weighted by atomic mass is 9.96. The van der Waals surface area contributed by atoms with Crippen molar-refractivity contribution in [2.45, 2.75) is 76.0 Å². The highest BCUT2D eigenvalue weighted by atomic mass is 19.4. The van der Waals surface area contributed by atoms with Crippen molar-refractivity contribution in [1.29, 1.82) is 0 Å². The number of benzene rings is 1. The summed E-state index contributed by atoms with van der Waals surface area (Å²) in [5.41, 5.74) is 1.02. The van der Waals surface area contributed by atoms with Crippen LogP contribution in [0.15, 0.2) is 6.07 Å². The second-order valence-corrected chi connectivity index (χ2v) is 14.1. The Balaban J connectivity index is 1.24. The zero-order chi connectivity index (χ0) is 34.4. The largest absolute Gasteiger partial charge is 0.472 e. The van der Waals surface area contributed by atoms with E-state index >= 15 is 4.39 Å². The van der Waals surface area contributed by atoms with Gasteiger partial charge < -0.3 is 30.2 Å². The Kier molecular flexibility index (Phi) is 7.79. The van der Waals surface area contributed by atoms with Gasteiger partial charge in [-0.1, -0.05) is 0 Å². The fourth-order valence-corrected chi connectivity index (χ4v) is 8.14. The summed E-state index contributed by atoms with van der Waals surface area (Å²) < 4.78 is 106. The van der Waals surface area contributed by atoms with Crippen molar-refractivity contribution >= 4 is 22.4 Å². The minimum Gasteiger partial charge on any atom is -0.472 e. The minimum atomic E-state index is -5.06. The molecule has 6 heterocycles. The van der Waals surface area contributed by atoms with E-state index in [9.17, 15) is 22.0 Å². The molecule has 8 rings (SSSR count). The third-order valence-electron chi connectivity index (χ3n) is 10.7. The Labute approximate surface area is 278 Å². The number of ether oxygens (including phenoxy) is 3. The lowest BCUT2D eigenvalue weighted by Gasteiger charge is -2.42. The maximum absolute atomic E-state index is 16.8. The standard InChI is InChI=1S/C33H37F6N7O3/c1-15-23(33(37,38)39)19(9-20(40)24(15)35)26-25(36)27-22-29(46-11-17-3-4-21(41-17)28(46)16(2)49-30(22)42-26)44-31(43-27)48-14-32(5-6-32)13-45-7-8-47-18(10-34)12-45/h9,16-18,21,28,41H,3-8,10-14,40H2,1-2H3/t16-,17+,18+,21-,28+/m0/s1. The lowest BCUT2D eigenvalue weighted by molar-refractivity contribution is -0.137. The van der Waals surface area contributed by atoms with Crippen LogP contribution < -0.4 is 25.4 Å². The van der Waals surface area contributed by atoms with Crippen LogP contribution >= 0.6 is 0 Å². The number of nitrogen functional groups attached to an aromatic ring is 1. The van der Waals surface area contributed by atoms with E-state index in [4.69, 9.17) is 24.9 Å². The molecule has 2 aromatic heterocycles. The Bertz CT molecular complexity index is 1810. The highest BCUT2D eigenvalue weighted by Gasteiger charge is 2.49. The molecular weight excluding hydrogens is 656 g/mol. The van der Waals surface area contributed by atoms with E-state index in [1.165, 1.54) is 0 Å². The summed E-state index contributed by atoms with van der Waals surface area (Å²) >= 11 is 0. The summed E-state index contributed by atoms with van der Waals surface area (Å²) in [6, 6.07) is 0.535. The zero-order valence-electron chi connectivity index (χ0n) is 27.0. The molecule has 3 N–H and O–H groups in total. The number of nitrogens with zero attached hydrogens (tertiary/aromatic N) is 5. The smallest absolute Gasteiger partial charge is 0.417 e. The summed E-state index contributed by atoms with van der Waals surface area (Å²) in [5, 5.41) is 3.73. The summed E-state index contributed by atoms with van der Waals surface area (Å²) in [5.74, 6) is -2.21. The number of alkyl halides is 4. The molecule has 1 aromatic carbocycles. The van der Waals surface area contributed by atoms with E-state index in [1.54, 1.807) is 0 Å². The quantitative estimate of drug-likeness (QED) is 0.265. The van der Waals surface area contributed by atoms with Crippen LogP contribution in [0.4, 0.5) is 37.8 Å². The van der Waals surface area contributed by atoms with Crippen LogP contribution in [0.1, 0.15) is 43.7 Å². The highest BCUT2D eigenvalue weighted by molar-refractivity contribution is 5.97. The van der Waals surface area contributed by atoms with Gasteiger partial charge in [-0.2, -0.15) is 23.1 Å². The first kappa shape index (κ1) is 32.6. The second kappa shape index (κ2) is 11.7. The number of fused-ring (bicyclic) bond motifs is 5. The number of nitrogens with one attached hydrogen (secondary N) is 1. The van der Waals surface area contributed by atoms with Gasteiger partial charge in [0.05, 0.1) is 36.6 Å². The molecule has 3 saturated heterocycles. The molecule has 4 fully saturated rings. The molecule has 4 aliphatic heterocycles. The molecule has 5 aliphatic rings. The van der Waals surface area contributed by atoms with E-state index < -0.39 is 64.8 Å². The number of nitrogens with two attached hydrogens (primary N) is 1. The average Bonchev–Trinajstić information content (AvgIpc) is 3.75. The number of morpholine rings is 1. The van der Waals surface area contributed by atoms with E-state index in [-0.39, 0.29) is 52.9 Å². The van der Waals surface area contributed by atoms with Gasteiger partial charge in [-0.05, 0) is 51.2 Å². The number of anilines is 2. The number of hydrogen-bond acceptors (Lipinski definition) is 10. The van der Waals surface area contributed by atoms with Crippen LogP contribution in [0.3, 0.4) is 0 Å². The van der Waals surface area contributed by atoms with Crippen molar-refractivity contribution < 1.29 is 40.6 Å². The van der Waals surface area contributed by atoms with Gasteiger partial charge in [-0.15, -0.1) is 0 Å². The van der Waals surface area contributed by atoms with Gasteiger partial charge >= 0.3 is 12.2 Å². The Morgan fingerprint density at radius 3 is 2.65 bits per heavy atom. The van der Waals surface area contributed by atoms with Crippen molar-refractivity contribution in [3.05, 3.63) is 28.8 Å². The molecule has 49 heavy (non-hydrogen) atoms. The zero-order valence-corrected chi connectivity index (χ0v) is 27.0. The van der Waals surface area contributed by atoms with Crippen LogP contribution in [-0.4, -0.2) is 96.3 Å². The van der Waals surface area contributed by atoms with Crippen LogP contribution in [0, 0.1) is 24.0 Å². The van der Waals surface area contributed by atoms with Crippen molar-refractivity contribution in [2.75, 3.05) is 56.7 Å². The molecule has 264 valence electrons. The number of pyridine rings is 1. The molecule has 1 aliphatic carbocycles. The number of rotatable bonds is 7. The summed E-state index contributed by atoms with van der Waals surface area (Å²) in [6.45, 7) is 5.17. The first-order valence-corrected chi connectivity index (χ1v) is 16.7. The molecule has 5 atom stereocenters. The molecule has 1 saturated carbocycles. The van der Waals surface area contributed by atoms with E-state index in [0.717, 1.165) is 38.7 Å². The third kappa shape index (κ3) is 5.59. The Hall–Kier alpha value is -3.63. The summed E-state index contributed by atoms with van der Waals surface area (Å²) in [6.07, 6.45) is -2.54. The first-order valence-electron chi connectivity index (χ1n) is 16.7.